The largest absolute Gasteiger partial charge is 0.487 e. The average Bonchev–Trinajstić information content (AvgIpc) is 3.07. The number of anilines is 1. The van der Waals surface area contributed by atoms with Crippen LogP contribution in [0.2, 0.25) is 25.7 Å². The minimum absolute atomic E-state index is 0.0878. The highest BCUT2D eigenvalue weighted by molar-refractivity contribution is 7.91. The number of hydrogen-bond donors (Lipinski definition) is 1. The maximum atomic E-state index is 13.5. The predicted molar refractivity (Wildman–Crippen MR) is 161 cm³/mol. The number of hydrogen-bond acceptors (Lipinski definition) is 7. The number of rotatable bonds is 11. The number of benzene rings is 2. The molecular formula is C29H41N3O7SSi. The molecule has 10 nitrogen and oxygen atoms in total. The van der Waals surface area contributed by atoms with E-state index in [9.17, 15) is 22.8 Å². The Balaban J connectivity index is 1.97. The lowest BCUT2D eigenvalue weighted by atomic mass is 10.0. The summed E-state index contributed by atoms with van der Waals surface area (Å²) in [5.41, 5.74) is 0.951. The van der Waals surface area contributed by atoms with Gasteiger partial charge in [0.15, 0.2) is 0 Å². The molecule has 41 heavy (non-hydrogen) atoms. The highest BCUT2D eigenvalue weighted by Gasteiger charge is 2.44. The molecule has 224 valence electrons. The van der Waals surface area contributed by atoms with Gasteiger partial charge in [0.2, 0.25) is 5.91 Å². The Labute approximate surface area is 244 Å². The van der Waals surface area contributed by atoms with Gasteiger partial charge in [-0.05, 0) is 50.1 Å². The summed E-state index contributed by atoms with van der Waals surface area (Å²) in [5.74, 6) is -1.23. The molecule has 1 fully saturated rings. The van der Waals surface area contributed by atoms with E-state index < -0.39 is 47.7 Å². The van der Waals surface area contributed by atoms with Crippen LogP contribution in [-0.2, 0) is 42.4 Å². The zero-order valence-electron chi connectivity index (χ0n) is 24.9. The second-order valence-electron chi connectivity index (χ2n) is 12.4. The van der Waals surface area contributed by atoms with Crippen LogP contribution in [-0.4, -0.2) is 63.3 Å². The standard InChI is InChI=1S/C29H41N3O7SSi/c1-21(33)30-24(28(35)39-29(2,3)4)17-23-13-14-25(26(18-23)38-20-22-11-9-8-10-12-22)32-19-27(34)31(40(32,36)37)15-16-41(5,6)7/h8-14,18,24H,15-17,19-20H2,1-7H3,(H,30,33). The van der Waals surface area contributed by atoms with Crippen LogP contribution < -0.4 is 14.4 Å². The zero-order valence-corrected chi connectivity index (χ0v) is 26.7. The van der Waals surface area contributed by atoms with E-state index in [1.165, 1.54) is 6.92 Å². The summed E-state index contributed by atoms with van der Waals surface area (Å²) in [6, 6.07) is 13.9. The molecule has 0 aliphatic carbocycles. The Morgan fingerprint density at radius 3 is 2.29 bits per heavy atom. The molecule has 0 radical (unpaired) electrons. The van der Waals surface area contributed by atoms with Crippen LogP contribution in [0.25, 0.3) is 0 Å². The molecule has 1 N–H and O–H groups in total. The lowest BCUT2D eigenvalue weighted by Gasteiger charge is -2.25. The number of carbonyl (C=O) groups is 3. The van der Waals surface area contributed by atoms with E-state index in [1.54, 1.807) is 39.0 Å². The van der Waals surface area contributed by atoms with E-state index in [2.05, 4.69) is 25.0 Å². The van der Waals surface area contributed by atoms with Crippen molar-refractivity contribution in [2.75, 3.05) is 17.4 Å². The summed E-state index contributed by atoms with van der Waals surface area (Å²) in [5, 5.41) is 2.64. The predicted octanol–water partition coefficient (Wildman–Crippen LogP) is 3.89. The van der Waals surface area contributed by atoms with Crippen molar-refractivity contribution in [3.63, 3.8) is 0 Å². The number of amides is 2. The van der Waals surface area contributed by atoms with Crippen LogP contribution in [0.1, 0.15) is 38.8 Å². The molecular weight excluding hydrogens is 562 g/mol. The van der Waals surface area contributed by atoms with Crippen molar-refractivity contribution in [1.29, 1.82) is 0 Å². The van der Waals surface area contributed by atoms with Crippen molar-refractivity contribution >= 4 is 41.8 Å². The third-order valence-corrected chi connectivity index (χ3v) is 9.77. The molecule has 2 aromatic rings. The van der Waals surface area contributed by atoms with Crippen molar-refractivity contribution < 1.29 is 32.3 Å². The number of esters is 1. The molecule has 0 spiro atoms. The van der Waals surface area contributed by atoms with Gasteiger partial charge in [0.05, 0.1) is 5.69 Å². The van der Waals surface area contributed by atoms with Gasteiger partial charge in [-0.2, -0.15) is 8.42 Å². The van der Waals surface area contributed by atoms with Gasteiger partial charge < -0.3 is 14.8 Å². The minimum Gasteiger partial charge on any atom is -0.487 e. The molecule has 1 aliphatic heterocycles. The van der Waals surface area contributed by atoms with E-state index >= 15 is 0 Å². The molecule has 0 aromatic heterocycles. The van der Waals surface area contributed by atoms with Gasteiger partial charge in [-0.15, -0.1) is 0 Å². The lowest BCUT2D eigenvalue weighted by Crippen LogP contribution is -2.44. The van der Waals surface area contributed by atoms with Crippen molar-refractivity contribution in [3.8, 4) is 5.75 Å². The molecule has 0 bridgehead atoms. The molecule has 2 aromatic carbocycles. The van der Waals surface area contributed by atoms with Gasteiger partial charge in [0.25, 0.3) is 5.91 Å². The van der Waals surface area contributed by atoms with Crippen LogP contribution in [0.4, 0.5) is 5.69 Å². The third-order valence-electron chi connectivity index (χ3n) is 6.22. The summed E-state index contributed by atoms with van der Waals surface area (Å²) < 4.78 is 40.7. The Bertz CT molecular complexity index is 1370. The quantitative estimate of drug-likeness (QED) is 0.306. The number of nitrogens with one attached hydrogen (secondary N) is 1. The fourth-order valence-corrected chi connectivity index (χ4v) is 6.81. The Morgan fingerprint density at radius 1 is 1.05 bits per heavy atom. The molecule has 12 heteroatoms. The number of carbonyl (C=O) groups excluding carboxylic acids is 3. The first-order valence-electron chi connectivity index (χ1n) is 13.6. The lowest BCUT2D eigenvalue weighted by molar-refractivity contribution is -0.158. The van der Waals surface area contributed by atoms with Gasteiger partial charge in [0.1, 0.15) is 30.5 Å². The van der Waals surface area contributed by atoms with Gasteiger partial charge >= 0.3 is 16.2 Å². The maximum Gasteiger partial charge on any atom is 0.329 e. The summed E-state index contributed by atoms with van der Waals surface area (Å²) in [7, 11) is -5.72. The maximum absolute atomic E-state index is 13.5. The van der Waals surface area contributed by atoms with Crippen LogP contribution in [0, 0.1) is 0 Å². The Kier molecular flexibility index (Phi) is 9.91. The van der Waals surface area contributed by atoms with E-state index in [-0.39, 0.29) is 37.6 Å². The SMILES string of the molecule is CC(=O)NC(Cc1ccc(N2CC(=O)N(CC[Si](C)(C)C)S2(=O)=O)c(OCc2ccccc2)c1)C(=O)OC(C)(C)C. The second-order valence-corrected chi connectivity index (χ2v) is 19.8. The number of nitrogens with zero attached hydrogens (tertiary/aromatic N) is 2. The first-order chi connectivity index (χ1) is 19.0. The summed E-state index contributed by atoms with van der Waals surface area (Å²) >= 11 is 0. The van der Waals surface area contributed by atoms with Gasteiger partial charge in [-0.25, -0.2) is 13.4 Å². The summed E-state index contributed by atoms with van der Waals surface area (Å²) in [6.45, 7) is 12.9. The highest BCUT2D eigenvalue weighted by Crippen LogP contribution is 2.36. The van der Waals surface area contributed by atoms with Crippen molar-refractivity contribution in [2.24, 2.45) is 0 Å². The van der Waals surface area contributed by atoms with E-state index in [0.717, 1.165) is 14.2 Å². The van der Waals surface area contributed by atoms with Crippen LogP contribution in [0.5, 0.6) is 5.75 Å². The van der Waals surface area contributed by atoms with Gasteiger partial charge in [-0.1, -0.05) is 56.0 Å². The summed E-state index contributed by atoms with van der Waals surface area (Å²) in [6.07, 6.45) is 0.0878. The molecule has 0 saturated carbocycles. The number of ether oxygens (including phenoxy) is 2. The highest BCUT2D eigenvalue weighted by atomic mass is 32.2. The molecule has 3 rings (SSSR count). The van der Waals surface area contributed by atoms with Gasteiger partial charge in [0, 0.05) is 28.0 Å². The summed E-state index contributed by atoms with van der Waals surface area (Å²) in [4.78, 5) is 37.6. The van der Waals surface area contributed by atoms with E-state index in [4.69, 9.17) is 9.47 Å². The molecule has 1 atom stereocenters. The topological polar surface area (TPSA) is 122 Å². The Morgan fingerprint density at radius 2 is 1.71 bits per heavy atom. The van der Waals surface area contributed by atoms with Crippen LogP contribution in [0.15, 0.2) is 48.5 Å². The van der Waals surface area contributed by atoms with E-state index in [0.29, 0.717) is 11.6 Å². The zero-order chi connectivity index (χ0) is 30.6. The van der Waals surface area contributed by atoms with Crippen molar-refractivity contribution in [3.05, 3.63) is 59.7 Å². The van der Waals surface area contributed by atoms with Crippen molar-refractivity contribution in [1.82, 2.24) is 9.62 Å². The minimum atomic E-state index is -4.12. The first-order valence-corrected chi connectivity index (χ1v) is 18.7. The van der Waals surface area contributed by atoms with E-state index in [1.807, 2.05) is 30.3 Å². The molecule has 1 heterocycles. The molecule has 1 saturated heterocycles. The van der Waals surface area contributed by atoms with Gasteiger partial charge in [-0.3, -0.25) is 9.59 Å². The van der Waals surface area contributed by atoms with Crippen molar-refractivity contribution in [2.45, 2.75) is 78.1 Å². The van der Waals surface area contributed by atoms with Crippen LogP contribution in [0.3, 0.4) is 0 Å². The third kappa shape index (κ3) is 9.05. The fraction of sp³-hybridized carbons (Fsp3) is 0.483. The van der Waals surface area contributed by atoms with Crippen LogP contribution >= 0.6 is 0 Å². The normalized spacial score (nSPS) is 15.9. The Hall–Kier alpha value is -3.38. The second kappa shape index (κ2) is 12.6. The fourth-order valence-electron chi connectivity index (χ4n) is 4.21. The molecule has 1 aliphatic rings. The first kappa shape index (κ1) is 32.1. The molecule has 1 unspecified atom stereocenters. The average molecular weight is 604 g/mol. The monoisotopic (exact) mass is 603 g/mol. The smallest absolute Gasteiger partial charge is 0.329 e. The molecule has 2 amide bonds.